The Morgan fingerprint density at radius 2 is 1.45 bits per heavy atom. The van der Waals surface area contributed by atoms with Crippen LogP contribution in [0.1, 0.15) is 35.1 Å². The van der Waals surface area contributed by atoms with Gasteiger partial charge in [-0.25, -0.2) is 4.79 Å². The lowest BCUT2D eigenvalue weighted by atomic mass is 9.94. The molecule has 5 nitrogen and oxygen atoms in total. The van der Waals surface area contributed by atoms with Crippen LogP contribution in [0.5, 0.6) is 0 Å². The monoisotopic (exact) mass is 413 g/mol. The first-order valence-electron chi connectivity index (χ1n) is 10.5. The molecule has 5 heteroatoms. The number of fused-ring (bicyclic) bond motifs is 3. The van der Waals surface area contributed by atoms with Crippen molar-refractivity contribution in [1.29, 1.82) is 0 Å². The second-order valence-corrected chi connectivity index (χ2v) is 8.09. The third kappa shape index (κ3) is 3.36. The summed E-state index contributed by atoms with van der Waals surface area (Å²) in [6.45, 7) is 0.593. The maximum absolute atomic E-state index is 13.1. The zero-order valence-corrected chi connectivity index (χ0v) is 17.0. The van der Waals surface area contributed by atoms with Crippen LogP contribution in [-0.2, 0) is 9.53 Å². The molecule has 1 fully saturated rings. The molecule has 2 aliphatic rings. The van der Waals surface area contributed by atoms with Crippen molar-refractivity contribution in [3.63, 3.8) is 0 Å². The number of nitrogens with zero attached hydrogens (tertiary/aromatic N) is 1. The molecule has 3 aromatic carbocycles. The SMILES string of the molecule is O=C(O)[C@H]1CCN(C(=O)OCC2c3ccccc3-c3ccccc32)[C@H]1c1ccccc1. The minimum atomic E-state index is -0.886. The summed E-state index contributed by atoms with van der Waals surface area (Å²) in [5.41, 5.74) is 5.48. The van der Waals surface area contributed by atoms with Crippen molar-refractivity contribution in [2.45, 2.75) is 18.4 Å². The average molecular weight is 413 g/mol. The fraction of sp³-hybridized carbons (Fsp3) is 0.231. The molecule has 0 spiro atoms. The zero-order valence-electron chi connectivity index (χ0n) is 17.0. The summed E-state index contributed by atoms with van der Waals surface area (Å²) in [6, 6.07) is 25.2. The molecule has 0 aromatic heterocycles. The molecule has 1 amide bonds. The van der Waals surface area contributed by atoms with Gasteiger partial charge >= 0.3 is 12.1 Å². The average Bonchev–Trinajstić information content (AvgIpc) is 3.38. The second-order valence-electron chi connectivity index (χ2n) is 8.09. The number of carboxylic acid groups (broad SMARTS) is 1. The van der Waals surface area contributed by atoms with Crippen molar-refractivity contribution in [1.82, 2.24) is 4.90 Å². The Kier molecular flexibility index (Phi) is 4.94. The fourth-order valence-corrected chi connectivity index (χ4v) is 5.00. The van der Waals surface area contributed by atoms with Gasteiger partial charge in [0.25, 0.3) is 0 Å². The minimum Gasteiger partial charge on any atom is -0.481 e. The van der Waals surface area contributed by atoms with Crippen LogP contribution >= 0.6 is 0 Å². The largest absolute Gasteiger partial charge is 0.481 e. The van der Waals surface area contributed by atoms with Crippen LogP contribution in [0.25, 0.3) is 11.1 Å². The fourth-order valence-electron chi connectivity index (χ4n) is 5.00. The van der Waals surface area contributed by atoms with Gasteiger partial charge in [-0.3, -0.25) is 4.79 Å². The standard InChI is InChI=1S/C26H23NO4/c28-25(29)22-14-15-27(24(22)17-8-2-1-3-9-17)26(30)31-16-23-20-12-6-4-10-18(20)19-11-5-7-13-21(19)23/h1-13,22-24H,14-16H2,(H,28,29)/t22-,24-/m0/s1. The first-order valence-corrected chi connectivity index (χ1v) is 10.5. The summed E-state index contributed by atoms with van der Waals surface area (Å²) in [5, 5.41) is 9.69. The highest BCUT2D eigenvalue weighted by molar-refractivity contribution is 5.79. The maximum Gasteiger partial charge on any atom is 0.410 e. The van der Waals surface area contributed by atoms with E-state index in [1.54, 1.807) is 4.90 Å². The van der Waals surface area contributed by atoms with Crippen molar-refractivity contribution in [2.75, 3.05) is 13.2 Å². The molecule has 1 aliphatic heterocycles. The number of amides is 1. The molecule has 1 heterocycles. The number of carbonyl (C=O) groups is 2. The normalized spacial score (nSPS) is 19.7. The van der Waals surface area contributed by atoms with Crippen molar-refractivity contribution < 1.29 is 19.4 Å². The number of carbonyl (C=O) groups excluding carboxylic acids is 1. The van der Waals surface area contributed by atoms with E-state index in [1.807, 2.05) is 54.6 Å². The van der Waals surface area contributed by atoms with Gasteiger partial charge in [0.1, 0.15) is 6.61 Å². The van der Waals surface area contributed by atoms with Crippen LogP contribution in [0.4, 0.5) is 4.79 Å². The number of benzene rings is 3. The van der Waals surface area contributed by atoms with Gasteiger partial charge in [0.15, 0.2) is 0 Å². The van der Waals surface area contributed by atoms with E-state index < -0.39 is 24.0 Å². The van der Waals surface area contributed by atoms with Crippen molar-refractivity contribution in [3.05, 3.63) is 95.6 Å². The Morgan fingerprint density at radius 1 is 0.871 bits per heavy atom. The molecular formula is C26H23NO4. The minimum absolute atomic E-state index is 0.0237. The quantitative estimate of drug-likeness (QED) is 0.647. The van der Waals surface area contributed by atoms with Gasteiger partial charge in [0, 0.05) is 12.5 Å². The summed E-state index contributed by atoms with van der Waals surface area (Å²) >= 11 is 0. The number of hydrogen-bond donors (Lipinski definition) is 1. The van der Waals surface area contributed by atoms with Gasteiger partial charge in [-0.15, -0.1) is 0 Å². The molecule has 1 N–H and O–H groups in total. The first-order chi connectivity index (χ1) is 15.1. The van der Waals surface area contributed by atoms with Crippen LogP contribution in [0.2, 0.25) is 0 Å². The van der Waals surface area contributed by atoms with Crippen LogP contribution in [0.15, 0.2) is 78.9 Å². The summed E-state index contributed by atoms with van der Waals surface area (Å²) in [5.74, 6) is -1.55. The molecule has 3 aromatic rings. The topological polar surface area (TPSA) is 66.8 Å². The molecule has 31 heavy (non-hydrogen) atoms. The van der Waals surface area contributed by atoms with Gasteiger partial charge in [-0.05, 0) is 34.2 Å². The van der Waals surface area contributed by atoms with E-state index in [0.717, 1.165) is 16.7 Å². The molecule has 0 saturated carbocycles. The van der Waals surface area contributed by atoms with E-state index in [4.69, 9.17) is 4.74 Å². The molecule has 2 atom stereocenters. The third-order valence-corrected chi connectivity index (χ3v) is 6.43. The summed E-state index contributed by atoms with van der Waals surface area (Å²) in [6.07, 6.45) is -0.0431. The van der Waals surface area contributed by atoms with Crippen LogP contribution < -0.4 is 0 Å². The molecule has 0 unspecified atom stereocenters. The summed E-state index contributed by atoms with van der Waals surface area (Å²) in [7, 11) is 0. The Balaban J connectivity index is 1.38. The van der Waals surface area contributed by atoms with E-state index in [-0.39, 0.29) is 12.5 Å². The highest BCUT2D eigenvalue weighted by atomic mass is 16.6. The van der Waals surface area contributed by atoms with Gasteiger partial charge in [0.05, 0.1) is 12.0 Å². The van der Waals surface area contributed by atoms with Crippen LogP contribution in [-0.4, -0.2) is 35.2 Å². The molecule has 1 saturated heterocycles. The number of aliphatic carboxylic acids is 1. The van der Waals surface area contributed by atoms with Crippen molar-refractivity contribution in [3.8, 4) is 11.1 Å². The Morgan fingerprint density at radius 3 is 2.06 bits per heavy atom. The first kappa shape index (κ1) is 19.4. The molecule has 5 rings (SSSR count). The van der Waals surface area contributed by atoms with E-state index in [0.29, 0.717) is 13.0 Å². The van der Waals surface area contributed by atoms with Gasteiger partial charge in [0.2, 0.25) is 0 Å². The Labute approximate surface area is 180 Å². The van der Waals surface area contributed by atoms with E-state index >= 15 is 0 Å². The van der Waals surface area contributed by atoms with E-state index in [9.17, 15) is 14.7 Å². The predicted octanol–water partition coefficient (Wildman–Crippen LogP) is 5.08. The highest BCUT2D eigenvalue weighted by Gasteiger charge is 2.43. The lowest BCUT2D eigenvalue weighted by molar-refractivity contribution is -0.142. The highest BCUT2D eigenvalue weighted by Crippen LogP contribution is 2.45. The van der Waals surface area contributed by atoms with Crippen molar-refractivity contribution >= 4 is 12.1 Å². The second kappa shape index (κ2) is 7.91. The molecule has 0 bridgehead atoms. The maximum atomic E-state index is 13.1. The van der Waals surface area contributed by atoms with Gasteiger partial charge < -0.3 is 14.7 Å². The smallest absolute Gasteiger partial charge is 0.410 e. The van der Waals surface area contributed by atoms with E-state index in [1.165, 1.54) is 11.1 Å². The Hall–Kier alpha value is -3.60. The number of carboxylic acids is 1. The summed E-state index contributed by atoms with van der Waals surface area (Å²) in [4.78, 5) is 26.5. The number of rotatable bonds is 4. The van der Waals surface area contributed by atoms with Crippen LogP contribution in [0, 0.1) is 5.92 Å². The van der Waals surface area contributed by atoms with E-state index in [2.05, 4.69) is 24.3 Å². The number of likely N-dealkylation sites (tertiary alicyclic amines) is 1. The summed E-state index contributed by atoms with van der Waals surface area (Å²) < 4.78 is 5.80. The number of hydrogen-bond acceptors (Lipinski definition) is 3. The Bertz CT molecular complexity index is 1080. The lowest BCUT2D eigenvalue weighted by Crippen LogP contribution is -2.34. The van der Waals surface area contributed by atoms with Gasteiger partial charge in [-0.2, -0.15) is 0 Å². The van der Waals surface area contributed by atoms with Crippen molar-refractivity contribution in [2.24, 2.45) is 5.92 Å². The molecule has 1 aliphatic carbocycles. The number of ether oxygens (including phenoxy) is 1. The molecular weight excluding hydrogens is 390 g/mol. The van der Waals surface area contributed by atoms with Gasteiger partial charge in [-0.1, -0.05) is 78.9 Å². The van der Waals surface area contributed by atoms with Crippen LogP contribution in [0.3, 0.4) is 0 Å². The predicted molar refractivity (Wildman–Crippen MR) is 117 cm³/mol. The molecule has 156 valence electrons. The third-order valence-electron chi connectivity index (χ3n) is 6.43. The zero-order chi connectivity index (χ0) is 21.4. The lowest BCUT2D eigenvalue weighted by Gasteiger charge is -2.27. The molecule has 0 radical (unpaired) electrons.